The maximum absolute atomic E-state index is 12.9. The SMILES string of the molecule is CC/C(=C(/c1ccc(O)cc1)c1ccc(OCCNCCCCCCS(=O)(=O)CCCC(F)(F)C(F)(F)F)cc1)c1ccccc1. The number of hydrogen-bond donors (Lipinski definition) is 2. The molecule has 0 spiro atoms. The van der Waals surface area contributed by atoms with E-state index in [-0.39, 0.29) is 11.5 Å². The van der Waals surface area contributed by atoms with Gasteiger partial charge in [0.15, 0.2) is 0 Å². The fraction of sp³-hybridized carbons (Fsp3) is 0.429. The first-order valence-electron chi connectivity index (χ1n) is 15.5. The zero-order chi connectivity index (χ0) is 33.6. The van der Waals surface area contributed by atoms with Crippen molar-refractivity contribution >= 4 is 21.0 Å². The van der Waals surface area contributed by atoms with Crippen LogP contribution in [0, 0.1) is 0 Å². The third-order valence-electron chi connectivity index (χ3n) is 7.54. The van der Waals surface area contributed by atoms with Crippen LogP contribution in [0.15, 0.2) is 78.9 Å². The molecule has 11 heteroatoms. The van der Waals surface area contributed by atoms with E-state index in [0.29, 0.717) is 32.5 Å². The highest BCUT2D eigenvalue weighted by atomic mass is 32.2. The van der Waals surface area contributed by atoms with E-state index < -0.39 is 40.5 Å². The summed E-state index contributed by atoms with van der Waals surface area (Å²) in [5, 5.41) is 13.1. The Morgan fingerprint density at radius 3 is 1.93 bits per heavy atom. The minimum atomic E-state index is -5.66. The summed E-state index contributed by atoms with van der Waals surface area (Å²) >= 11 is 0. The van der Waals surface area contributed by atoms with E-state index in [1.54, 1.807) is 12.1 Å². The second-order valence-corrected chi connectivity index (χ2v) is 13.4. The van der Waals surface area contributed by atoms with Gasteiger partial charge >= 0.3 is 12.1 Å². The van der Waals surface area contributed by atoms with Gasteiger partial charge in [0.1, 0.15) is 27.9 Å². The topological polar surface area (TPSA) is 75.6 Å². The number of unbranched alkanes of at least 4 members (excludes halogenated alkanes) is 3. The fourth-order valence-electron chi connectivity index (χ4n) is 5.08. The van der Waals surface area contributed by atoms with Gasteiger partial charge in [0.2, 0.25) is 0 Å². The van der Waals surface area contributed by atoms with Gasteiger partial charge in [-0.1, -0.05) is 74.4 Å². The first-order valence-corrected chi connectivity index (χ1v) is 17.3. The molecule has 0 heterocycles. The lowest BCUT2D eigenvalue weighted by atomic mass is 9.88. The zero-order valence-electron chi connectivity index (χ0n) is 26.0. The zero-order valence-corrected chi connectivity index (χ0v) is 26.8. The molecular formula is C35H42F5NO4S. The molecule has 0 atom stereocenters. The Morgan fingerprint density at radius 1 is 0.739 bits per heavy atom. The Bertz CT molecular complexity index is 1470. The highest BCUT2D eigenvalue weighted by molar-refractivity contribution is 7.91. The summed E-state index contributed by atoms with van der Waals surface area (Å²) in [7, 11) is -3.67. The predicted octanol–water partition coefficient (Wildman–Crippen LogP) is 8.68. The van der Waals surface area contributed by atoms with Gasteiger partial charge in [-0.15, -0.1) is 0 Å². The average Bonchev–Trinajstić information content (AvgIpc) is 3.01. The third-order valence-corrected chi connectivity index (χ3v) is 9.37. The largest absolute Gasteiger partial charge is 0.508 e. The van der Waals surface area contributed by atoms with Gasteiger partial charge in [-0.2, -0.15) is 22.0 Å². The van der Waals surface area contributed by atoms with Crippen LogP contribution in [0.1, 0.15) is 68.6 Å². The van der Waals surface area contributed by atoms with Crippen LogP contribution in [0.3, 0.4) is 0 Å². The number of hydrogen-bond acceptors (Lipinski definition) is 5. The van der Waals surface area contributed by atoms with Crippen molar-refractivity contribution in [1.29, 1.82) is 0 Å². The van der Waals surface area contributed by atoms with Crippen LogP contribution >= 0.6 is 0 Å². The Balaban J connectivity index is 1.38. The van der Waals surface area contributed by atoms with Crippen molar-refractivity contribution in [3.05, 3.63) is 95.6 Å². The number of alkyl halides is 5. The lowest BCUT2D eigenvalue weighted by molar-refractivity contribution is -0.284. The molecule has 0 aliphatic rings. The molecule has 252 valence electrons. The number of nitrogens with one attached hydrogen (secondary N) is 1. The summed E-state index contributed by atoms with van der Waals surface area (Å²) in [5.74, 6) is -4.82. The van der Waals surface area contributed by atoms with Gasteiger partial charge < -0.3 is 15.2 Å². The van der Waals surface area contributed by atoms with Crippen molar-refractivity contribution < 1.29 is 40.2 Å². The van der Waals surface area contributed by atoms with Crippen molar-refractivity contribution in [1.82, 2.24) is 5.32 Å². The maximum Gasteiger partial charge on any atom is 0.453 e. The van der Waals surface area contributed by atoms with Crippen molar-refractivity contribution in [2.45, 2.75) is 64.0 Å². The summed E-state index contributed by atoms with van der Waals surface area (Å²) < 4.78 is 92.3. The second kappa shape index (κ2) is 17.5. The van der Waals surface area contributed by atoms with Crippen molar-refractivity contribution in [3.63, 3.8) is 0 Å². The number of aromatic hydroxyl groups is 1. The molecule has 0 unspecified atom stereocenters. The first kappa shape index (κ1) is 37.0. The summed E-state index contributed by atoms with van der Waals surface area (Å²) in [4.78, 5) is 0. The van der Waals surface area contributed by atoms with Crippen LogP contribution < -0.4 is 10.1 Å². The van der Waals surface area contributed by atoms with E-state index in [1.807, 2.05) is 54.6 Å². The molecule has 46 heavy (non-hydrogen) atoms. The second-order valence-electron chi connectivity index (χ2n) is 11.1. The molecule has 0 fully saturated rings. The van der Waals surface area contributed by atoms with E-state index in [1.165, 1.54) is 5.57 Å². The summed E-state index contributed by atoms with van der Waals surface area (Å²) in [6, 6.07) is 25.4. The van der Waals surface area contributed by atoms with Gasteiger partial charge in [0.25, 0.3) is 0 Å². The number of rotatable bonds is 19. The molecular weight excluding hydrogens is 625 g/mol. The lowest BCUT2D eigenvalue weighted by Gasteiger charge is -2.19. The normalized spacial score (nSPS) is 13.0. The van der Waals surface area contributed by atoms with Gasteiger partial charge in [-0.25, -0.2) is 8.42 Å². The minimum Gasteiger partial charge on any atom is -0.508 e. The number of halogens is 5. The van der Waals surface area contributed by atoms with Crippen LogP contribution in [0.5, 0.6) is 11.5 Å². The van der Waals surface area contributed by atoms with Crippen molar-refractivity contribution in [2.75, 3.05) is 31.2 Å². The number of benzene rings is 3. The Hall–Kier alpha value is -3.44. The molecule has 3 rings (SSSR count). The van der Waals surface area contributed by atoms with Crippen LogP contribution in [0.25, 0.3) is 11.1 Å². The maximum atomic E-state index is 12.9. The number of ether oxygens (including phenoxy) is 1. The molecule has 0 aromatic heterocycles. The molecule has 0 radical (unpaired) electrons. The summed E-state index contributed by atoms with van der Waals surface area (Å²) in [5.41, 5.74) is 5.46. The quantitative estimate of drug-likeness (QED) is 0.0760. The van der Waals surface area contributed by atoms with E-state index in [2.05, 4.69) is 24.4 Å². The monoisotopic (exact) mass is 667 g/mol. The highest BCUT2D eigenvalue weighted by Gasteiger charge is 2.56. The van der Waals surface area contributed by atoms with E-state index in [0.717, 1.165) is 47.3 Å². The summed E-state index contributed by atoms with van der Waals surface area (Å²) in [6.45, 7) is 3.91. The highest BCUT2D eigenvalue weighted by Crippen LogP contribution is 2.39. The number of sulfone groups is 1. The molecule has 0 saturated heterocycles. The van der Waals surface area contributed by atoms with Gasteiger partial charge in [-0.3, -0.25) is 0 Å². The number of phenolic OH excluding ortho intramolecular Hbond substituents is 1. The first-order chi connectivity index (χ1) is 21.8. The lowest BCUT2D eigenvalue weighted by Crippen LogP contribution is -2.36. The molecule has 3 aromatic carbocycles. The number of allylic oxidation sites excluding steroid dienone is 1. The standard InChI is InChI=1S/C35H42F5NO4S/c1-2-32(27-11-6-5-7-12-27)33(28-13-17-30(42)18-14-28)29-15-19-31(20-16-29)45-24-23-41-22-8-3-4-9-25-46(43,44)26-10-21-34(36,37)35(38,39)40/h5-7,11-20,41-42H,2-4,8-10,21-26H2,1H3/b33-32+. The summed E-state index contributed by atoms with van der Waals surface area (Å²) in [6.07, 6.45) is -4.57. The molecule has 5 nitrogen and oxygen atoms in total. The molecule has 0 amide bonds. The molecule has 0 aliphatic heterocycles. The van der Waals surface area contributed by atoms with E-state index in [4.69, 9.17) is 4.74 Å². The van der Waals surface area contributed by atoms with Crippen LogP contribution in [-0.2, 0) is 9.84 Å². The van der Waals surface area contributed by atoms with Crippen LogP contribution in [0.4, 0.5) is 22.0 Å². The Morgan fingerprint density at radius 2 is 1.33 bits per heavy atom. The van der Waals surface area contributed by atoms with Crippen molar-refractivity contribution in [3.8, 4) is 11.5 Å². The van der Waals surface area contributed by atoms with Gasteiger partial charge in [0, 0.05) is 13.0 Å². The third kappa shape index (κ3) is 11.7. The van der Waals surface area contributed by atoms with E-state index in [9.17, 15) is 35.5 Å². The molecule has 0 bridgehead atoms. The minimum absolute atomic E-state index is 0.210. The Labute approximate surface area is 268 Å². The molecule has 3 aromatic rings. The van der Waals surface area contributed by atoms with Gasteiger partial charge in [-0.05, 0) is 84.3 Å². The fourth-order valence-corrected chi connectivity index (χ4v) is 6.51. The van der Waals surface area contributed by atoms with Gasteiger partial charge in [0.05, 0.1) is 11.5 Å². The number of phenols is 1. The molecule has 0 aliphatic carbocycles. The average molecular weight is 668 g/mol. The van der Waals surface area contributed by atoms with Crippen LogP contribution in [0.2, 0.25) is 0 Å². The van der Waals surface area contributed by atoms with E-state index >= 15 is 0 Å². The predicted molar refractivity (Wildman–Crippen MR) is 173 cm³/mol. The van der Waals surface area contributed by atoms with Crippen LogP contribution in [-0.4, -0.2) is 56.8 Å². The molecule has 2 N–H and O–H groups in total. The molecule has 0 saturated carbocycles. The smallest absolute Gasteiger partial charge is 0.453 e. The van der Waals surface area contributed by atoms with Crippen molar-refractivity contribution in [2.24, 2.45) is 0 Å². The Kier molecular flexibility index (Phi) is 14.1.